The average Bonchev–Trinajstić information content (AvgIpc) is 2.88. The summed E-state index contributed by atoms with van der Waals surface area (Å²) < 4.78 is 0. The van der Waals surface area contributed by atoms with Crippen LogP contribution in [-0.4, -0.2) is 45.4 Å². The lowest BCUT2D eigenvalue weighted by Gasteiger charge is -2.68. The van der Waals surface area contributed by atoms with Crippen molar-refractivity contribution in [3.8, 4) is 0 Å². The van der Waals surface area contributed by atoms with Crippen LogP contribution in [0.15, 0.2) is 12.2 Å². The highest BCUT2D eigenvalue weighted by atomic mass is 16.3. The van der Waals surface area contributed by atoms with Gasteiger partial charge in [0, 0.05) is 35.4 Å². The number of hydrogen-bond donors (Lipinski definition) is 2. The Hall–Kier alpha value is -0.380. The molecule has 9 aliphatic rings. The van der Waals surface area contributed by atoms with Crippen molar-refractivity contribution in [1.29, 1.82) is 0 Å². The third kappa shape index (κ3) is 0.908. The Kier molecular flexibility index (Phi) is 1.89. The number of fused-ring (bicyclic) bond motifs is 1. The first-order valence-corrected chi connectivity index (χ1v) is 10.1. The quantitative estimate of drug-likeness (QED) is 0.670. The van der Waals surface area contributed by atoms with Crippen molar-refractivity contribution >= 4 is 0 Å². The standard InChI is InChI=1S/C21H29NO2/c1-10-11-7-12-15-20-6-4-5-18(2)9-22(15)19(3,17(18)20)8-21(12,16(10)24)14(20)13(11)23/h11-17,23-24H,1,4-9H2,2-3H3/t11-,12-,13+,14+,15-,16-,17+,18+,19+,20+,21+/m1/s1. The van der Waals surface area contributed by atoms with Gasteiger partial charge in [-0.1, -0.05) is 19.9 Å². The summed E-state index contributed by atoms with van der Waals surface area (Å²) in [4.78, 5) is 2.90. The van der Waals surface area contributed by atoms with Gasteiger partial charge in [0.15, 0.2) is 0 Å². The fraction of sp³-hybridized carbons (Fsp3) is 0.905. The van der Waals surface area contributed by atoms with E-state index in [4.69, 9.17) is 0 Å². The van der Waals surface area contributed by atoms with Crippen LogP contribution in [0.3, 0.4) is 0 Å². The first-order chi connectivity index (χ1) is 11.3. The van der Waals surface area contributed by atoms with E-state index in [-0.39, 0.29) is 34.5 Å². The Bertz CT molecular complexity index is 721. The second-order valence-corrected chi connectivity index (χ2v) is 11.2. The molecule has 3 heteroatoms. The molecule has 0 aromatic heterocycles. The molecule has 9 rings (SSSR count). The number of aliphatic hydroxyl groups excluding tert-OH is 2. The Morgan fingerprint density at radius 3 is 2.75 bits per heavy atom. The van der Waals surface area contributed by atoms with Crippen molar-refractivity contribution in [2.45, 2.75) is 69.7 Å². The van der Waals surface area contributed by atoms with Crippen LogP contribution in [0.2, 0.25) is 0 Å². The highest BCUT2D eigenvalue weighted by molar-refractivity contribution is 5.45. The minimum absolute atomic E-state index is 0.0692. The summed E-state index contributed by atoms with van der Waals surface area (Å²) in [7, 11) is 0. The maximum atomic E-state index is 11.4. The topological polar surface area (TPSA) is 43.7 Å². The summed E-state index contributed by atoms with van der Waals surface area (Å²) in [5, 5.41) is 22.8. The largest absolute Gasteiger partial charge is 0.392 e. The summed E-state index contributed by atoms with van der Waals surface area (Å²) in [5.74, 6) is 1.79. The van der Waals surface area contributed by atoms with Gasteiger partial charge in [0.25, 0.3) is 0 Å². The Morgan fingerprint density at radius 1 is 1.17 bits per heavy atom. The average molecular weight is 327 g/mol. The molecule has 12 atom stereocenters. The third-order valence-corrected chi connectivity index (χ3v) is 10.8. The second kappa shape index (κ2) is 3.30. The van der Waals surface area contributed by atoms with Crippen molar-refractivity contribution in [2.24, 2.45) is 39.9 Å². The van der Waals surface area contributed by atoms with Gasteiger partial charge in [-0.2, -0.15) is 0 Å². The fourth-order valence-electron chi connectivity index (χ4n) is 11.2. The van der Waals surface area contributed by atoms with Gasteiger partial charge in [-0.05, 0) is 60.8 Å². The molecule has 0 amide bonds. The van der Waals surface area contributed by atoms with Crippen molar-refractivity contribution in [3.63, 3.8) is 0 Å². The molecule has 130 valence electrons. The van der Waals surface area contributed by atoms with Gasteiger partial charge in [0.2, 0.25) is 0 Å². The third-order valence-electron chi connectivity index (χ3n) is 10.8. The number of nitrogens with zero attached hydrogens (tertiary/aromatic N) is 1. The molecule has 0 aromatic carbocycles. The van der Waals surface area contributed by atoms with E-state index in [9.17, 15) is 10.2 Å². The van der Waals surface area contributed by atoms with Gasteiger partial charge in [-0.15, -0.1) is 0 Å². The van der Waals surface area contributed by atoms with Crippen LogP contribution in [0, 0.1) is 39.9 Å². The monoisotopic (exact) mass is 327 g/mol. The van der Waals surface area contributed by atoms with E-state index < -0.39 is 0 Å². The zero-order valence-corrected chi connectivity index (χ0v) is 14.8. The summed E-state index contributed by atoms with van der Waals surface area (Å²) in [6.45, 7) is 10.6. The molecular formula is C21H29NO2. The molecule has 0 radical (unpaired) electrons. The highest BCUT2D eigenvalue weighted by Crippen LogP contribution is 2.89. The van der Waals surface area contributed by atoms with Gasteiger partial charge in [-0.3, -0.25) is 4.90 Å². The van der Waals surface area contributed by atoms with E-state index in [1.54, 1.807) is 0 Å². The van der Waals surface area contributed by atoms with Crippen LogP contribution < -0.4 is 0 Å². The van der Waals surface area contributed by atoms with Crippen molar-refractivity contribution in [2.75, 3.05) is 6.54 Å². The van der Waals surface area contributed by atoms with Crippen LogP contribution in [0.5, 0.6) is 0 Å². The van der Waals surface area contributed by atoms with Crippen molar-refractivity contribution in [3.05, 3.63) is 12.2 Å². The molecule has 9 fully saturated rings. The lowest BCUT2D eigenvalue weighted by molar-refractivity contribution is -0.227. The first kappa shape index (κ1) is 13.8. The minimum atomic E-state index is -0.370. The molecule has 6 saturated carbocycles. The minimum Gasteiger partial charge on any atom is -0.392 e. The van der Waals surface area contributed by atoms with Crippen LogP contribution >= 0.6 is 0 Å². The molecule has 3 heterocycles. The Morgan fingerprint density at radius 2 is 1.96 bits per heavy atom. The lowest BCUT2D eigenvalue weighted by Crippen LogP contribution is -2.71. The molecule has 1 unspecified atom stereocenters. The molecule has 24 heavy (non-hydrogen) atoms. The van der Waals surface area contributed by atoms with E-state index in [2.05, 4.69) is 25.3 Å². The van der Waals surface area contributed by atoms with Crippen molar-refractivity contribution in [1.82, 2.24) is 4.90 Å². The molecular weight excluding hydrogens is 298 g/mol. The number of hydrogen-bond acceptors (Lipinski definition) is 3. The molecule has 3 nitrogen and oxygen atoms in total. The van der Waals surface area contributed by atoms with Gasteiger partial charge >= 0.3 is 0 Å². The zero-order chi connectivity index (χ0) is 16.4. The Balaban J connectivity index is 1.57. The SMILES string of the molecule is C=C1[C@H]2C[C@@H]3[C@H]4N5C[C@]6(C)CCC[C@]47[C@H]([C@H]2O)[C@@]3(C[C@@]5(C)[C@H]67)[C@@H]1O. The van der Waals surface area contributed by atoms with Crippen LogP contribution in [0.1, 0.15) is 46.0 Å². The molecule has 2 spiro atoms. The Labute approximate surface area is 144 Å². The van der Waals surface area contributed by atoms with E-state index in [1.165, 1.54) is 25.8 Å². The summed E-state index contributed by atoms with van der Waals surface area (Å²) in [5.41, 5.74) is 1.85. The first-order valence-electron chi connectivity index (χ1n) is 10.1. The van der Waals surface area contributed by atoms with Crippen LogP contribution in [0.4, 0.5) is 0 Å². The maximum Gasteiger partial charge on any atom is 0.0815 e. The number of rotatable bonds is 0. The molecule has 2 N–H and O–H groups in total. The normalized spacial score (nSPS) is 76.1. The molecule has 6 aliphatic carbocycles. The van der Waals surface area contributed by atoms with Crippen LogP contribution in [-0.2, 0) is 0 Å². The smallest absolute Gasteiger partial charge is 0.0815 e. The molecule has 3 aliphatic heterocycles. The second-order valence-electron chi connectivity index (χ2n) is 11.2. The maximum absolute atomic E-state index is 11.4. The van der Waals surface area contributed by atoms with E-state index in [0.29, 0.717) is 23.3 Å². The predicted octanol–water partition coefficient (Wildman–Crippen LogP) is 2.18. The lowest BCUT2D eigenvalue weighted by atomic mass is 9.37. The van der Waals surface area contributed by atoms with Gasteiger partial charge in [-0.25, -0.2) is 0 Å². The summed E-state index contributed by atoms with van der Waals surface area (Å²) in [6, 6.07) is 0.627. The summed E-state index contributed by atoms with van der Waals surface area (Å²) in [6.07, 6.45) is 5.52. The predicted molar refractivity (Wildman–Crippen MR) is 90.1 cm³/mol. The van der Waals surface area contributed by atoms with E-state index in [0.717, 1.165) is 24.3 Å². The van der Waals surface area contributed by atoms with Gasteiger partial charge < -0.3 is 10.2 Å². The number of aliphatic hydroxyl groups is 2. The fourth-order valence-corrected chi connectivity index (χ4v) is 11.2. The van der Waals surface area contributed by atoms with Gasteiger partial charge in [0.05, 0.1) is 12.2 Å². The highest BCUT2D eigenvalue weighted by Gasteiger charge is 2.92. The van der Waals surface area contributed by atoms with Crippen LogP contribution in [0.25, 0.3) is 0 Å². The van der Waals surface area contributed by atoms with Gasteiger partial charge in [0.1, 0.15) is 0 Å². The summed E-state index contributed by atoms with van der Waals surface area (Å²) >= 11 is 0. The van der Waals surface area contributed by atoms with E-state index in [1.807, 2.05) is 0 Å². The molecule has 3 saturated heterocycles. The molecule has 9 bridgehead atoms. The number of piperidine rings is 2. The van der Waals surface area contributed by atoms with Crippen molar-refractivity contribution < 1.29 is 10.2 Å². The van der Waals surface area contributed by atoms with E-state index >= 15 is 0 Å². The molecule has 0 aromatic rings. The zero-order valence-electron chi connectivity index (χ0n) is 14.8.